The molecule has 1 N–H and O–H groups in total. The lowest BCUT2D eigenvalue weighted by atomic mass is 10.1. The molecule has 2 atom stereocenters. The number of rotatable bonds is 41. The van der Waals surface area contributed by atoms with Crippen molar-refractivity contribution in [1.29, 1.82) is 0 Å². The number of nitrogens with zero attached hydrogens (tertiary/aromatic N) is 1. The van der Waals surface area contributed by atoms with Gasteiger partial charge in [-0.05, 0) is 57.8 Å². The Morgan fingerprint density at radius 2 is 1.00 bits per heavy atom. The maximum Gasteiger partial charge on any atom is 0.472 e. The van der Waals surface area contributed by atoms with Crippen molar-refractivity contribution in [2.75, 3.05) is 47.5 Å². The number of phosphoric ester groups is 1. The van der Waals surface area contributed by atoms with E-state index in [1.807, 2.05) is 51.5 Å². The molecule has 0 aliphatic rings. The normalized spacial score (nSPS) is 14.1. The summed E-state index contributed by atoms with van der Waals surface area (Å²) in [4.78, 5) is 35.4. The zero-order valence-corrected chi connectivity index (χ0v) is 38.7. The number of carbonyl (C=O) groups excluding carboxylic acids is 2. The minimum Gasteiger partial charge on any atom is -0.462 e. The fraction of sp³-hybridized carbons (Fsp3) is 0.750. The summed E-state index contributed by atoms with van der Waals surface area (Å²) in [7, 11) is 1.45. The Morgan fingerprint density at radius 1 is 0.552 bits per heavy atom. The molecule has 0 aliphatic carbocycles. The Bertz CT molecular complexity index is 1170. The van der Waals surface area contributed by atoms with Gasteiger partial charge >= 0.3 is 19.8 Å². The van der Waals surface area contributed by atoms with E-state index in [1.165, 1.54) is 89.9 Å². The quantitative estimate of drug-likeness (QED) is 0.0162. The van der Waals surface area contributed by atoms with Crippen LogP contribution in [-0.4, -0.2) is 74.9 Å². The summed E-state index contributed by atoms with van der Waals surface area (Å²) in [6.07, 6.45) is 48.4. The lowest BCUT2D eigenvalue weighted by Crippen LogP contribution is -2.37. The van der Waals surface area contributed by atoms with Gasteiger partial charge in [0.05, 0.1) is 27.7 Å². The highest BCUT2D eigenvalue weighted by Crippen LogP contribution is 2.43. The summed E-state index contributed by atoms with van der Waals surface area (Å²) in [5.41, 5.74) is 0. The maximum absolute atomic E-state index is 12.7. The van der Waals surface area contributed by atoms with Crippen molar-refractivity contribution < 1.29 is 42.1 Å². The van der Waals surface area contributed by atoms with Crippen LogP contribution < -0.4 is 0 Å². The van der Waals surface area contributed by atoms with Crippen LogP contribution in [-0.2, 0) is 32.7 Å². The second-order valence-electron chi connectivity index (χ2n) is 16.5. The molecule has 0 fully saturated rings. The van der Waals surface area contributed by atoms with Gasteiger partial charge in [-0.1, -0.05) is 171 Å². The van der Waals surface area contributed by atoms with E-state index in [2.05, 4.69) is 44.2 Å². The van der Waals surface area contributed by atoms with Crippen LogP contribution in [0.25, 0.3) is 0 Å². The summed E-state index contributed by atoms with van der Waals surface area (Å²) >= 11 is 0. The van der Waals surface area contributed by atoms with Crippen molar-refractivity contribution in [3.8, 4) is 0 Å². The van der Waals surface area contributed by atoms with Gasteiger partial charge in [-0.3, -0.25) is 18.6 Å². The average Bonchev–Trinajstić information content (AvgIpc) is 3.17. The van der Waals surface area contributed by atoms with Crippen LogP contribution in [0.4, 0.5) is 0 Å². The molecule has 0 spiro atoms. The molecule has 58 heavy (non-hydrogen) atoms. The Kier molecular flexibility index (Phi) is 38.5. The molecule has 0 bridgehead atoms. The van der Waals surface area contributed by atoms with E-state index in [4.69, 9.17) is 18.5 Å². The lowest BCUT2D eigenvalue weighted by Gasteiger charge is -2.24. The number of hydrogen-bond acceptors (Lipinski definition) is 7. The number of esters is 2. The van der Waals surface area contributed by atoms with E-state index in [0.717, 1.165) is 57.8 Å². The molecule has 0 amide bonds. The largest absolute Gasteiger partial charge is 0.472 e. The van der Waals surface area contributed by atoms with Gasteiger partial charge in [0.1, 0.15) is 19.8 Å². The highest BCUT2D eigenvalue weighted by molar-refractivity contribution is 7.47. The van der Waals surface area contributed by atoms with Crippen LogP contribution in [0.3, 0.4) is 0 Å². The first-order valence-corrected chi connectivity index (χ1v) is 24.6. The third-order valence-corrected chi connectivity index (χ3v) is 10.6. The van der Waals surface area contributed by atoms with Gasteiger partial charge in [0, 0.05) is 12.8 Å². The fourth-order valence-corrected chi connectivity index (χ4v) is 6.76. The van der Waals surface area contributed by atoms with Gasteiger partial charge in [0.15, 0.2) is 6.10 Å². The highest BCUT2D eigenvalue weighted by atomic mass is 31.2. The third kappa shape index (κ3) is 43.3. The Labute approximate surface area is 356 Å². The first-order valence-electron chi connectivity index (χ1n) is 23.1. The monoisotopic (exact) mass is 837 g/mol. The van der Waals surface area contributed by atoms with Crippen LogP contribution in [0.2, 0.25) is 0 Å². The number of phosphoric acid groups is 1. The summed E-state index contributed by atoms with van der Waals surface area (Å²) in [6.45, 7) is 4.25. The van der Waals surface area contributed by atoms with Crippen LogP contribution in [0.1, 0.15) is 181 Å². The first kappa shape index (κ1) is 55.7. The minimum absolute atomic E-state index is 0.0239. The van der Waals surface area contributed by atoms with Crippen LogP contribution in [0.15, 0.2) is 60.8 Å². The molecule has 336 valence electrons. The SMILES string of the molecule is CC/C=C/C=C/C=C/C=C/CCCCCCCC(=O)O[C@H](COC(=O)CCCCCCCCCCC/C=C/CCCCCCCC)COP(=O)(O)OCC[N+](C)(C)C. The molecule has 9 nitrogen and oxygen atoms in total. The van der Waals surface area contributed by atoms with Crippen molar-refractivity contribution in [3.05, 3.63) is 60.8 Å². The number of unbranched alkanes of at least 4 members (excludes halogenated alkanes) is 20. The Hall–Kier alpha value is -2.29. The van der Waals surface area contributed by atoms with E-state index >= 15 is 0 Å². The number of carbonyl (C=O) groups is 2. The Morgan fingerprint density at radius 3 is 1.52 bits per heavy atom. The molecule has 0 rings (SSSR count). The molecule has 0 aromatic carbocycles. The smallest absolute Gasteiger partial charge is 0.462 e. The molecule has 0 aliphatic heterocycles. The predicted molar refractivity (Wildman–Crippen MR) is 243 cm³/mol. The van der Waals surface area contributed by atoms with Gasteiger partial charge in [-0.15, -0.1) is 0 Å². The third-order valence-electron chi connectivity index (χ3n) is 9.63. The molecule has 0 saturated carbocycles. The molecule has 0 aromatic heterocycles. The van der Waals surface area contributed by atoms with E-state index in [-0.39, 0.29) is 32.0 Å². The van der Waals surface area contributed by atoms with Gasteiger partial charge in [-0.25, -0.2) is 4.57 Å². The molecule has 1 unspecified atom stereocenters. The zero-order chi connectivity index (χ0) is 42.8. The fourth-order valence-electron chi connectivity index (χ4n) is 6.02. The summed E-state index contributed by atoms with van der Waals surface area (Å²) in [6, 6.07) is 0. The van der Waals surface area contributed by atoms with Crippen molar-refractivity contribution in [2.24, 2.45) is 0 Å². The van der Waals surface area contributed by atoms with Gasteiger partial charge in [-0.2, -0.15) is 0 Å². The van der Waals surface area contributed by atoms with Crippen molar-refractivity contribution in [3.63, 3.8) is 0 Å². The minimum atomic E-state index is -4.39. The van der Waals surface area contributed by atoms with Crippen molar-refractivity contribution >= 4 is 19.8 Å². The van der Waals surface area contributed by atoms with Crippen LogP contribution in [0.5, 0.6) is 0 Å². The van der Waals surface area contributed by atoms with Gasteiger partial charge in [0.25, 0.3) is 0 Å². The lowest BCUT2D eigenvalue weighted by molar-refractivity contribution is -0.870. The zero-order valence-electron chi connectivity index (χ0n) is 37.8. The van der Waals surface area contributed by atoms with E-state index in [1.54, 1.807) is 0 Å². The second kappa shape index (κ2) is 40.1. The van der Waals surface area contributed by atoms with E-state index in [0.29, 0.717) is 17.4 Å². The predicted octanol–water partition coefficient (Wildman–Crippen LogP) is 13.2. The second-order valence-corrected chi connectivity index (χ2v) is 17.9. The molecule has 0 radical (unpaired) electrons. The first-order chi connectivity index (χ1) is 28.0. The summed E-state index contributed by atoms with van der Waals surface area (Å²) < 4.78 is 34.3. The topological polar surface area (TPSA) is 108 Å². The highest BCUT2D eigenvalue weighted by Gasteiger charge is 2.27. The van der Waals surface area contributed by atoms with Crippen LogP contribution >= 0.6 is 7.82 Å². The maximum atomic E-state index is 12.7. The average molecular weight is 837 g/mol. The molecule has 0 heterocycles. The number of hydrogen-bond donors (Lipinski definition) is 1. The summed E-state index contributed by atoms with van der Waals surface area (Å²) in [5.74, 6) is -0.830. The number of likely N-dealkylation sites (N-methyl/N-ethyl adjacent to an activating group) is 1. The van der Waals surface area contributed by atoms with Gasteiger partial charge < -0.3 is 18.9 Å². The number of quaternary nitrogens is 1. The standard InChI is InChI=1S/C48H86NO8P/c1-6-8-10-12-14-16-18-20-22-23-24-25-27-28-30-32-34-36-38-40-47(50)54-44-46(45-56-58(52,53)55-43-42-49(3,4)5)57-48(51)41-39-37-35-33-31-29-26-21-19-17-15-13-11-9-7-2/h9,11,13,15,17,19-22,26,46H,6-8,10,12,14,16,18,23-25,27-45H2,1-5H3/p+1/b11-9+,15-13+,19-17+,22-20+,26-21+/t46-/m1/s1. The Balaban J connectivity index is 4.34. The number of ether oxygens (including phenoxy) is 2. The van der Waals surface area contributed by atoms with Gasteiger partial charge in [0.2, 0.25) is 0 Å². The van der Waals surface area contributed by atoms with E-state index in [9.17, 15) is 19.0 Å². The van der Waals surface area contributed by atoms with Crippen LogP contribution in [0, 0.1) is 0 Å². The number of allylic oxidation sites excluding steroid dienone is 10. The van der Waals surface area contributed by atoms with E-state index < -0.39 is 26.5 Å². The molecule has 10 heteroatoms. The molecular formula is C48H87NO8P+. The summed E-state index contributed by atoms with van der Waals surface area (Å²) in [5, 5.41) is 0. The van der Waals surface area contributed by atoms with Crippen molar-refractivity contribution in [2.45, 2.75) is 187 Å². The molecular weight excluding hydrogens is 750 g/mol. The van der Waals surface area contributed by atoms with Crippen molar-refractivity contribution in [1.82, 2.24) is 0 Å². The molecule has 0 aromatic rings. The molecule has 0 saturated heterocycles.